The number of carbonyl (C=O) groups is 2. The van der Waals surface area contributed by atoms with Crippen molar-refractivity contribution in [2.24, 2.45) is 0 Å². The second-order valence-corrected chi connectivity index (χ2v) is 4.70. The molecule has 0 spiro atoms. The van der Waals surface area contributed by atoms with Gasteiger partial charge in [-0.1, -0.05) is 32.4 Å². The van der Waals surface area contributed by atoms with E-state index in [0.717, 1.165) is 12.8 Å². The Labute approximate surface area is 120 Å². The highest BCUT2D eigenvalue weighted by molar-refractivity contribution is 5.83. The first-order valence-corrected chi connectivity index (χ1v) is 6.79. The minimum Gasteiger partial charge on any atom is -0.467 e. The Bertz CT molecular complexity index is 338. The first-order chi connectivity index (χ1) is 9.36. The van der Waals surface area contributed by atoms with Gasteiger partial charge in [0.25, 0.3) is 0 Å². The highest BCUT2D eigenvalue weighted by Crippen LogP contribution is 2.10. The summed E-state index contributed by atoms with van der Waals surface area (Å²) in [4.78, 5) is 23.1. The van der Waals surface area contributed by atoms with E-state index in [1.807, 2.05) is 13.8 Å². The molecule has 0 aliphatic heterocycles. The van der Waals surface area contributed by atoms with Crippen molar-refractivity contribution in [3.63, 3.8) is 0 Å². The van der Waals surface area contributed by atoms with Gasteiger partial charge in [0.1, 0.15) is 6.04 Å². The Morgan fingerprint density at radius 1 is 1.40 bits per heavy atom. The van der Waals surface area contributed by atoms with E-state index in [4.69, 9.17) is 4.74 Å². The van der Waals surface area contributed by atoms with Crippen molar-refractivity contribution in [1.29, 1.82) is 0 Å². The highest BCUT2D eigenvalue weighted by atomic mass is 16.6. The van der Waals surface area contributed by atoms with Gasteiger partial charge in [-0.15, -0.1) is 0 Å². The summed E-state index contributed by atoms with van der Waals surface area (Å²) in [6, 6.07) is -0.979. The molecule has 0 radical (unpaired) electrons. The number of hydrogen-bond donors (Lipinski definition) is 2. The van der Waals surface area contributed by atoms with E-state index in [9.17, 15) is 14.7 Å². The SMILES string of the molecule is CCCCOC(=O)NC(/C=C/C(C)(O)CC)C(=O)OC. The van der Waals surface area contributed by atoms with Gasteiger partial charge in [0.15, 0.2) is 0 Å². The molecule has 1 amide bonds. The molecule has 2 atom stereocenters. The largest absolute Gasteiger partial charge is 0.467 e. The molecular formula is C14H25NO5. The first-order valence-electron chi connectivity index (χ1n) is 6.79. The molecule has 0 aromatic heterocycles. The molecule has 0 aliphatic rings. The van der Waals surface area contributed by atoms with E-state index < -0.39 is 23.7 Å². The molecule has 0 bridgehead atoms. The molecule has 20 heavy (non-hydrogen) atoms. The van der Waals surface area contributed by atoms with Crippen molar-refractivity contribution in [2.75, 3.05) is 13.7 Å². The number of alkyl carbamates (subject to hydrolysis) is 1. The van der Waals surface area contributed by atoms with Crippen LogP contribution in [0.1, 0.15) is 40.0 Å². The molecule has 0 heterocycles. The summed E-state index contributed by atoms with van der Waals surface area (Å²) >= 11 is 0. The zero-order chi connectivity index (χ0) is 15.6. The molecule has 6 nitrogen and oxygen atoms in total. The summed E-state index contributed by atoms with van der Waals surface area (Å²) < 4.78 is 9.51. The maximum atomic E-state index is 11.6. The minimum atomic E-state index is -1.04. The number of ether oxygens (including phenoxy) is 2. The van der Waals surface area contributed by atoms with Gasteiger partial charge in [-0.25, -0.2) is 9.59 Å². The standard InChI is InChI=1S/C14H25NO5/c1-5-7-10-20-13(17)15-11(12(16)19-4)8-9-14(3,18)6-2/h8-9,11,18H,5-7,10H2,1-4H3,(H,15,17)/b9-8+. The molecule has 116 valence electrons. The van der Waals surface area contributed by atoms with Crippen LogP contribution < -0.4 is 5.32 Å². The number of carbonyl (C=O) groups excluding carboxylic acids is 2. The average Bonchev–Trinajstić information content (AvgIpc) is 2.42. The van der Waals surface area contributed by atoms with Crippen molar-refractivity contribution in [2.45, 2.75) is 51.7 Å². The number of nitrogens with one attached hydrogen (secondary N) is 1. The lowest BCUT2D eigenvalue weighted by molar-refractivity contribution is -0.141. The fraction of sp³-hybridized carbons (Fsp3) is 0.714. The predicted octanol–water partition coefficient (Wildman–Crippen LogP) is 1.77. The van der Waals surface area contributed by atoms with E-state index >= 15 is 0 Å². The molecule has 0 saturated heterocycles. The van der Waals surface area contributed by atoms with Crippen LogP contribution in [0.25, 0.3) is 0 Å². The summed E-state index contributed by atoms with van der Waals surface area (Å²) in [5.74, 6) is -0.624. The van der Waals surface area contributed by atoms with Gasteiger partial charge >= 0.3 is 12.1 Å². The maximum absolute atomic E-state index is 11.6. The van der Waals surface area contributed by atoms with Gasteiger partial charge in [0, 0.05) is 0 Å². The van der Waals surface area contributed by atoms with Gasteiger partial charge in [-0.3, -0.25) is 0 Å². The number of aliphatic hydroxyl groups is 1. The monoisotopic (exact) mass is 287 g/mol. The lowest BCUT2D eigenvalue weighted by Gasteiger charge is -2.18. The van der Waals surface area contributed by atoms with Gasteiger partial charge < -0.3 is 19.9 Å². The maximum Gasteiger partial charge on any atom is 0.408 e. The number of methoxy groups -OCH3 is 1. The summed E-state index contributed by atoms with van der Waals surface area (Å²) in [5.41, 5.74) is -1.04. The molecule has 0 aromatic rings. The van der Waals surface area contributed by atoms with Crippen LogP contribution in [0, 0.1) is 0 Å². The first kappa shape index (κ1) is 18.4. The highest BCUT2D eigenvalue weighted by Gasteiger charge is 2.21. The van der Waals surface area contributed by atoms with Gasteiger partial charge in [0.2, 0.25) is 0 Å². The number of unbranched alkanes of at least 4 members (excludes halogenated alkanes) is 1. The van der Waals surface area contributed by atoms with Crippen LogP contribution in [0.4, 0.5) is 4.79 Å². The van der Waals surface area contributed by atoms with Gasteiger partial charge in [0.05, 0.1) is 19.3 Å². The zero-order valence-corrected chi connectivity index (χ0v) is 12.6. The van der Waals surface area contributed by atoms with E-state index in [-0.39, 0.29) is 0 Å². The smallest absolute Gasteiger partial charge is 0.408 e. The van der Waals surface area contributed by atoms with Crippen LogP contribution in [0.15, 0.2) is 12.2 Å². The lowest BCUT2D eigenvalue weighted by atomic mass is 10.0. The Balaban J connectivity index is 4.58. The number of hydrogen-bond acceptors (Lipinski definition) is 5. The molecule has 6 heteroatoms. The third-order valence-electron chi connectivity index (χ3n) is 2.82. The van der Waals surface area contributed by atoms with Gasteiger partial charge in [-0.2, -0.15) is 0 Å². The topological polar surface area (TPSA) is 84.9 Å². The summed E-state index contributed by atoms with van der Waals surface area (Å²) in [7, 11) is 1.23. The molecule has 2 unspecified atom stereocenters. The normalized spacial score (nSPS) is 15.4. The number of esters is 1. The third-order valence-corrected chi connectivity index (χ3v) is 2.82. The second-order valence-electron chi connectivity index (χ2n) is 4.70. The van der Waals surface area contributed by atoms with Crippen molar-refractivity contribution < 1.29 is 24.2 Å². The Morgan fingerprint density at radius 2 is 2.05 bits per heavy atom. The Hall–Kier alpha value is -1.56. The van der Waals surface area contributed by atoms with Crippen LogP contribution in [0.5, 0.6) is 0 Å². The number of amides is 1. The quantitative estimate of drug-likeness (QED) is 0.404. The number of rotatable bonds is 8. The average molecular weight is 287 g/mol. The fourth-order valence-corrected chi connectivity index (χ4v) is 1.21. The van der Waals surface area contributed by atoms with E-state index in [1.165, 1.54) is 19.3 Å². The van der Waals surface area contributed by atoms with Crippen molar-refractivity contribution >= 4 is 12.1 Å². The Morgan fingerprint density at radius 3 is 2.55 bits per heavy atom. The molecule has 0 saturated carbocycles. The van der Waals surface area contributed by atoms with Crippen LogP contribution in [0.3, 0.4) is 0 Å². The van der Waals surface area contributed by atoms with Crippen LogP contribution in [-0.4, -0.2) is 42.5 Å². The van der Waals surface area contributed by atoms with Crippen molar-refractivity contribution in [3.05, 3.63) is 12.2 Å². The molecule has 0 aliphatic carbocycles. The lowest BCUT2D eigenvalue weighted by Crippen LogP contribution is -2.41. The molecular weight excluding hydrogens is 262 g/mol. The van der Waals surface area contributed by atoms with Crippen molar-refractivity contribution in [1.82, 2.24) is 5.32 Å². The molecule has 0 aromatic carbocycles. The minimum absolute atomic E-state index is 0.298. The summed E-state index contributed by atoms with van der Waals surface area (Å²) in [6.45, 7) is 5.70. The molecule has 2 N–H and O–H groups in total. The molecule has 0 fully saturated rings. The molecule has 0 rings (SSSR count). The van der Waals surface area contributed by atoms with Crippen LogP contribution in [0.2, 0.25) is 0 Å². The Kier molecular flexibility index (Phi) is 8.63. The predicted molar refractivity (Wildman–Crippen MR) is 75.3 cm³/mol. The van der Waals surface area contributed by atoms with Gasteiger partial charge in [-0.05, 0) is 19.8 Å². The summed E-state index contributed by atoms with van der Waals surface area (Å²) in [5, 5.41) is 12.2. The van der Waals surface area contributed by atoms with Crippen LogP contribution >= 0.6 is 0 Å². The van der Waals surface area contributed by atoms with E-state index in [1.54, 1.807) is 6.92 Å². The third kappa shape index (κ3) is 7.78. The zero-order valence-electron chi connectivity index (χ0n) is 12.6. The van der Waals surface area contributed by atoms with E-state index in [2.05, 4.69) is 10.1 Å². The fourth-order valence-electron chi connectivity index (χ4n) is 1.21. The van der Waals surface area contributed by atoms with Crippen molar-refractivity contribution in [3.8, 4) is 0 Å². The van der Waals surface area contributed by atoms with E-state index in [0.29, 0.717) is 13.0 Å². The van der Waals surface area contributed by atoms with Crippen LogP contribution in [-0.2, 0) is 14.3 Å². The second kappa shape index (κ2) is 9.36. The summed E-state index contributed by atoms with van der Waals surface area (Å²) in [6.07, 6.45) is 4.33.